The van der Waals surface area contributed by atoms with Crippen molar-refractivity contribution < 1.29 is 5.11 Å². The summed E-state index contributed by atoms with van der Waals surface area (Å²) in [4.78, 5) is 17.6. The Morgan fingerprint density at radius 2 is 2.26 bits per heavy atom. The van der Waals surface area contributed by atoms with Gasteiger partial charge in [-0.2, -0.15) is 9.61 Å². The molecule has 7 heteroatoms. The van der Waals surface area contributed by atoms with Crippen LogP contribution < -0.4 is 5.56 Å². The number of thioether (sulfide) groups is 1. The molecule has 0 fully saturated rings. The summed E-state index contributed by atoms with van der Waals surface area (Å²) in [5.74, 6) is 0.809. The number of aromatic nitrogens is 3. The second kappa shape index (κ2) is 5.02. The first-order valence-electron chi connectivity index (χ1n) is 5.47. The van der Waals surface area contributed by atoms with Crippen molar-refractivity contribution in [1.82, 2.24) is 14.6 Å². The van der Waals surface area contributed by atoms with Crippen LogP contribution in [0.1, 0.15) is 5.69 Å². The monoisotopic (exact) mass is 291 g/mol. The molecule has 0 amide bonds. The lowest BCUT2D eigenvalue weighted by molar-refractivity contribution is 0.474. The van der Waals surface area contributed by atoms with E-state index in [2.05, 4.69) is 10.1 Å². The van der Waals surface area contributed by atoms with E-state index < -0.39 is 0 Å². The Bertz CT molecular complexity index is 782. The number of rotatable bonds is 3. The molecule has 0 spiro atoms. The van der Waals surface area contributed by atoms with Gasteiger partial charge in [-0.25, -0.2) is 4.98 Å². The van der Waals surface area contributed by atoms with Crippen molar-refractivity contribution in [2.75, 3.05) is 0 Å². The van der Waals surface area contributed by atoms with Gasteiger partial charge in [0, 0.05) is 16.7 Å². The van der Waals surface area contributed by atoms with E-state index in [4.69, 9.17) is 0 Å². The molecule has 0 aliphatic rings. The number of aromatic hydroxyl groups is 1. The molecule has 0 aliphatic carbocycles. The van der Waals surface area contributed by atoms with Crippen molar-refractivity contribution in [3.8, 4) is 5.75 Å². The second-order valence-corrected chi connectivity index (χ2v) is 5.67. The van der Waals surface area contributed by atoms with E-state index in [1.54, 1.807) is 23.7 Å². The summed E-state index contributed by atoms with van der Waals surface area (Å²) < 4.78 is 1.28. The van der Waals surface area contributed by atoms with Crippen molar-refractivity contribution in [2.45, 2.75) is 10.6 Å². The van der Waals surface area contributed by atoms with Gasteiger partial charge in [0.25, 0.3) is 5.56 Å². The van der Waals surface area contributed by atoms with Crippen molar-refractivity contribution in [2.24, 2.45) is 0 Å². The molecule has 0 atom stereocenters. The van der Waals surface area contributed by atoms with E-state index in [-0.39, 0.29) is 11.3 Å². The van der Waals surface area contributed by atoms with E-state index in [1.165, 1.54) is 33.7 Å². The molecule has 1 aromatic carbocycles. The summed E-state index contributed by atoms with van der Waals surface area (Å²) in [5.41, 5.74) is 2.14. The van der Waals surface area contributed by atoms with Gasteiger partial charge in [0.1, 0.15) is 11.3 Å². The number of hydrogen-bond acceptors (Lipinski definition) is 6. The Kier molecular flexibility index (Phi) is 3.22. The Morgan fingerprint density at radius 3 is 3.11 bits per heavy atom. The van der Waals surface area contributed by atoms with Crippen LogP contribution in [0.2, 0.25) is 0 Å². The van der Waals surface area contributed by atoms with Gasteiger partial charge in [-0.15, -0.1) is 11.8 Å². The van der Waals surface area contributed by atoms with Gasteiger partial charge in [0.15, 0.2) is 0 Å². The second-order valence-electron chi connectivity index (χ2n) is 3.80. The summed E-state index contributed by atoms with van der Waals surface area (Å²) >= 11 is 2.85. The maximum absolute atomic E-state index is 11.7. The fraction of sp³-hybridized carbons (Fsp3) is 0.0833. The molecule has 0 saturated heterocycles. The van der Waals surface area contributed by atoms with Crippen molar-refractivity contribution >= 4 is 28.1 Å². The van der Waals surface area contributed by atoms with E-state index in [9.17, 15) is 9.90 Å². The average Bonchev–Trinajstić information content (AvgIpc) is 2.85. The maximum Gasteiger partial charge on any atom is 0.275 e. The van der Waals surface area contributed by atoms with Crippen LogP contribution in [0.3, 0.4) is 0 Å². The highest BCUT2D eigenvalue weighted by molar-refractivity contribution is 7.98. The summed E-state index contributed by atoms with van der Waals surface area (Å²) in [6.07, 6.45) is 0. The van der Waals surface area contributed by atoms with Crippen LogP contribution in [0.4, 0.5) is 0 Å². The minimum atomic E-state index is -0.169. The highest BCUT2D eigenvalue weighted by Gasteiger charge is 2.05. The number of benzene rings is 1. The normalized spacial score (nSPS) is 10.9. The minimum absolute atomic E-state index is 0.169. The highest BCUT2D eigenvalue weighted by Crippen LogP contribution is 2.24. The molecule has 1 N–H and O–H groups in total. The van der Waals surface area contributed by atoms with E-state index in [1.807, 2.05) is 6.07 Å². The van der Waals surface area contributed by atoms with Gasteiger partial charge >= 0.3 is 0 Å². The molecule has 5 nitrogen and oxygen atoms in total. The third-order valence-electron chi connectivity index (χ3n) is 2.44. The van der Waals surface area contributed by atoms with E-state index >= 15 is 0 Å². The molecule has 2 heterocycles. The molecule has 0 unspecified atom stereocenters. The van der Waals surface area contributed by atoms with Crippen molar-refractivity contribution in [3.05, 3.63) is 51.9 Å². The molecule has 19 heavy (non-hydrogen) atoms. The Labute approximate surface area is 116 Å². The zero-order valence-electron chi connectivity index (χ0n) is 9.68. The number of hydrogen-bond donors (Lipinski definition) is 1. The van der Waals surface area contributed by atoms with Crippen LogP contribution in [0.15, 0.2) is 45.5 Å². The van der Waals surface area contributed by atoms with Crippen LogP contribution in [0.5, 0.6) is 5.75 Å². The Balaban J connectivity index is 1.83. The smallest absolute Gasteiger partial charge is 0.275 e. The topological polar surface area (TPSA) is 67.5 Å². The zero-order chi connectivity index (χ0) is 13.2. The quantitative estimate of drug-likeness (QED) is 0.749. The Hall–Kier alpha value is -1.86. The van der Waals surface area contributed by atoms with Crippen LogP contribution >= 0.6 is 23.1 Å². The fourth-order valence-electron chi connectivity index (χ4n) is 1.61. The highest BCUT2D eigenvalue weighted by atomic mass is 32.2. The van der Waals surface area contributed by atoms with Gasteiger partial charge in [-0.3, -0.25) is 4.79 Å². The largest absolute Gasteiger partial charge is 0.508 e. The summed E-state index contributed by atoms with van der Waals surface area (Å²) in [6.45, 7) is 0. The maximum atomic E-state index is 11.7. The van der Waals surface area contributed by atoms with Gasteiger partial charge in [0.2, 0.25) is 4.96 Å². The molecule has 96 valence electrons. The molecule has 3 rings (SSSR count). The molecule has 0 aliphatic heterocycles. The molecule has 2 aromatic heterocycles. The number of phenolic OH excluding ortho intramolecular Hbond substituents is 1. The molecule has 0 bridgehead atoms. The molecule has 0 radical (unpaired) electrons. The van der Waals surface area contributed by atoms with Crippen molar-refractivity contribution in [1.29, 1.82) is 0 Å². The predicted molar refractivity (Wildman–Crippen MR) is 74.8 cm³/mol. The van der Waals surface area contributed by atoms with Crippen LogP contribution in [0.25, 0.3) is 4.96 Å². The van der Waals surface area contributed by atoms with Crippen LogP contribution in [0, 0.1) is 0 Å². The number of nitrogens with zero attached hydrogens (tertiary/aromatic N) is 3. The molecular weight excluding hydrogens is 282 g/mol. The summed E-state index contributed by atoms with van der Waals surface area (Å²) in [5, 5.41) is 13.3. The number of fused-ring (bicyclic) bond motifs is 1. The first kappa shape index (κ1) is 12.2. The van der Waals surface area contributed by atoms with Gasteiger partial charge in [-0.1, -0.05) is 17.4 Å². The summed E-state index contributed by atoms with van der Waals surface area (Å²) in [7, 11) is 0. The molecular formula is C12H9N3O2S2. The fourth-order valence-corrected chi connectivity index (χ4v) is 3.09. The lowest BCUT2D eigenvalue weighted by Gasteiger charge is -2.02. The lowest BCUT2D eigenvalue weighted by atomic mass is 10.3. The van der Waals surface area contributed by atoms with Crippen LogP contribution in [-0.4, -0.2) is 19.7 Å². The molecule has 3 aromatic rings. The van der Waals surface area contributed by atoms with Crippen molar-refractivity contribution in [3.63, 3.8) is 0 Å². The van der Waals surface area contributed by atoms with Gasteiger partial charge in [-0.05, 0) is 18.2 Å². The lowest BCUT2D eigenvalue weighted by Crippen LogP contribution is -2.14. The van der Waals surface area contributed by atoms with E-state index in [0.717, 1.165) is 4.90 Å². The minimum Gasteiger partial charge on any atom is -0.508 e. The first-order chi connectivity index (χ1) is 9.22. The van der Waals surface area contributed by atoms with Crippen LogP contribution in [-0.2, 0) is 5.75 Å². The first-order valence-corrected chi connectivity index (χ1v) is 7.33. The average molecular weight is 291 g/mol. The van der Waals surface area contributed by atoms with Gasteiger partial charge in [0.05, 0.1) is 5.69 Å². The Morgan fingerprint density at radius 1 is 1.37 bits per heavy atom. The standard InChI is InChI=1S/C12H9N3O2S2/c16-9-2-1-3-10(5-9)18-6-8-4-11(17)15-12(14-8)19-7-13-15/h1-5,7,16H,6H2. The third-order valence-corrected chi connectivity index (χ3v) is 4.15. The predicted octanol–water partition coefficient (Wildman–Crippen LogP) is 2.15. The zero-order valence-corrected chi connectivity index (χ0v) is 11.3. The SMILES string of the molecule is O=c1cc(CSc2cccc(O)c2)nc2scnn12. The summed E-state index contributed by atoms with van der Waals surface area (Å²) in [6, 6.07) is 8.48. The van der Waals surface area contributed by atoms with Gasteiger partial charge < -0.3 is 5.11 Å². The molecule has 0 saturated carbocycles. The van der Waals surface area contributed by atoms with E-state index in [0.29, 0.717) is 16.4 Å². The number of phenols is 1. The third kappa shape index (κ3) is 2.61.